The lowest BCUT2D eigenvalue weighted by Crippen LogP contribution is -2.26. The van der Waals surface area contributed by atoms with Gasteiger partial charge in [0.15, 0.2) is 0 Å². The number of unbranched alkanes of at least 4 members (excludes halogenated alkanes) is 1. The van der Waals surface area contributed by atoms with Crippen molar-refractivity contribution < 1.29 is 13.2 Å². The van der Waals surface area contributed by atoms with Crippen molar-refractivity contribution >= 4 is 37.6 Å². The van der Waals surface area contributed by atoms with Crippen LogP contribution in [0.15, 0.2) is 50.7 Å². The summed E-state index contributed by atoms with van der Waals surface area (Å²) < 4.78 is 34.8. The molecule has 1 aromatic heterocycles. The molecule has 1 N–H and O–H groups in total. The van der Waals surface area contributed by atoms with E-state index in [9.17, 15) is 13.2 Å². The van der Waals surface area contributed by atoms with Gasteiger partial charge in [-0.1, -0.05) is 11.6 Å². The number of benzene rings is 1. The van der Waals surface area contributed by atoms with E-state index in [1.807, 2.05) is 0 Å². The number of nitrogens with zero attached hydrogens (tertiary/aromatic N) is 1. The van der Waals surface area contributed by atoms with Gasteiger partial charge in [0, 0.05) is 34.8 Å². The molecule has 0 saturated heterocycles. The predicted octanol–water partition coefficient (Wildman–Crippen LogP) is 3.03. The summed E-state index contributed by atoms with van der Waals surface area (Å²) in [5, 5.41) is 0.315. The zero-order valence-electron chi connectivity index (χ0n) is 13.5. The molecule has 0 radical (unpaired) electrons. The Labute approximate surface area is 159 Å². The summed E-state index contributed by atoms with van der Waals surface area (Å²) >= 11 is 9.19. The van der Waals surface area contributed by atoms with Crippen LogP contribution in [0.1, 0.15) is 12.8 Å². The third-order valence-corrected chi connectivity index (χ3v) is 5.67. The van der Waals surface area contributed by atoms with Gasteiger partial charge in [0.1, 0.15) is 10.6 Å². The number of sulfonamides is 1. The second-order valence-electron chi connectivity index (χ2n) is 5.28. The Hall–Kier alpha value is -1.35. The Kier molecular flexibility index (Phi) is 7.06. The molecule has 0 aliphatic rings. The van der Waals surface area contributed by atoms with E-state index in [0.29, 0.717) is 24.4 Å². The summed E-state index contributed by atoms with van der Waals surface area (Å²) in [7, 11) is -2.32. The van der Waals surface area contributed by atoms with Crippen molar-refractivity contribution in [3.05, 3.63) is 56.4 Å². The largest absolute Gasteiger partial charge is 0.495 e. The summed E-state index contributed by atoms with van der Waals surface area (Å²) in [6, 6.07) is 7.60. The standard InChI is InChI=1S/C16H18BrClN2O4S/c1-24-14-6-5-13(18)10-15(14)25(22,23)19-8-2-3-9-20-11-12(17)4-7-16(20)21/h4-7,10-11,19H,2-3,8-9H2,1H3. The number of pyridine rings is 1. The number of nitrogens with one attached hydrogen (secondary N) is 1. The van der Waals surface area contributed by atoms with Crippen molar-refractivity contribution in [3.8, 4) is 5.75 Å². The zero-order valence-corrected chi connectivity index (χ0v) is 16.7. The van der Waals surface area contributed by atoms with Crippen molar-refractivity contribution in [1.29, 1.82) is 0 Å². The summed E-state index contributed by atoms with van der Waals surface area (Å²) in [5.41, 5.74) is -0.0903. The van der Waals surface area contributed by atoms with Crippen molar-refractivity contribution in [2.45, 2.75) is 24.3 Å². The van der Waals surface area contributed by atoms with Crippen LogP contribution >= 0.6 is 27.5 Å². The molecule has 0 amide bonds. The number of methoxy groups -OCH3 is 1. The normalized spacial score (nSPS) is 11.5. The molecule has 0 bridgehead atoms. The van der Waals surface area contributed by atoms with Crippen molar-refractivity contribution in [1.82, 2.24) is 9.29 Å². The van der Waals surface area contributed by atoms with E-state index in [0.717, 1.165) is 4.47 Å². The number of aromatic nitrogens is 1. The molecule has 0 unspecified atom stereocenters. The summed E-state index contributed by atoms with van der Waals surface area (Å²) in [4.78, 5) is 11.7. The maximum atomic E-state index is 12.4. The number of hydrogen-bond donors (Lipinski definition) is 1. The van der Waals surface area contributed by atoms with E-state index >= 15 is 0 Å². The molecule has 0 aliphatic heterocycles. The Morgan fingerprint density at radius 1 is 1.24 bits per heavy atom. The van der Waals surface area contributed by atoms with Crippen LogP contribution in [0.2, 0.25) is 5.02 Å². The molecule has 1 aromatic carbocycles. The maximum Gasteiger partial charge on any atom is 0.250 e. The van der Waals surface area contributed by atoms with Crippen LogP contribution in [-0.4, -0.2) is 26.6 Å². The first-order valence-corrected chi connectivity index (χ1v) is 10.2. The second kappa shape index (κ2) is 8.84. The fourth-order valence-corrected chi connectivity index (χ4v) is 4.11. The van der Waals surface area contributed by atoms with Gasteiger partial charge < -0.3 is 9.30 Å². The highest BCUT2D eigenvalue weighted by Crippen LogP contribution is 2.26. The predicted molar refractivity (Wildman–Crippen MR) is 101 cm³/mol. The van der Waals surface area contributed by atoms with Crippen molar-refractivity contribution in [2.24, 2.45) is 0 Å². The smallest absolute Gasteiger partial charge is 0.250 e. The van der Waals surface area contributed by atoms with E-state index in [2.05, 4.69) is 20.7 Å². The number of rotatable bonds is 8. The Morgan fingerprint density at radius 3 is 2.72 bits per heavy atom. The average molecular weight is 450 g/mol. The first kappa shape index (κ1) is 20.0. The molecule has 2 aromatic rings. The quantitative estimate of drug-likeness (QED) is 0.628. The zero-order chi connectivity index (χ0) is 18.4. The Balaban J connectivity index is 1.92. The van der Waals surface area contributed by atoms with Gasteiger partial charge in [-0.15, -0.1) is 0 Å². The molecule has 0 atom stereocenters. The van der Waals surface area contributed by atoms with Crippen LogP contribution in [0.4, 0.5) is 0 Å². The van der Waals surface area contributed by atoms with Gasteiger partial charge in [-0.2, -0.15) is 0 Å². The minimum absolute atomic E-state index is 0.00529. The van der Waals surface area contributed by atoms with Crippen LogP contribution in [-0.2, 0) is 16.6 Å². The summed E-state index contributed by atoms with van der Waals surface area (Å²) in [6.07, 6.45) is 2.95. The maximum absolute atomic E-state index is 12.4. The topological polar surface area (TPSA) is 77.4 Å². The van der Waals surface area contributed by atoms with Crippen LogP contribution in [0.25, 0.3) is 0 Å². The second-order valence-corrected chi connectivity index (χ2v) is 8.37. The minimum Gasteiger partial charge on any atom is -0.495 e. The molecule has 0 fully saturated rings. The molecular formula is C16H18BrClN2O4S. The summed E-state index contributed by atoms with van der Waals surface area (Å²) in [5.74, 6) is 0.234. The molecule has 2 rings (SSSR count). The fraction of sp³-hybridized carbons (Fsp3) is 0.312. The van der Waals surface area contributed by atoms with Gasteiger partial charge in [0.2, 0.25) is 10.0 Å². The van der Waals surface area contributed by atoms with Crippen LogP contribution in [0, 0.1) is 0 Å². The number of halogens is 2. The molecule has 0 saturated carbocycles. The number of hydrogen-bond acceptors (Lipinski definition) is 4. The van der Waals surface area contributed by atoms with Crippen LogP contribution in [0.3, 0.4) is 0 Å². The van der Waals surface area contributed by atoms with Crippen molar-refractivity contribution in [3.63, 3.8) is 0 Å². The third kappa shape index (κ3) is 5.57. The van der Waals surface area contributed by atoms with Crippen molar-refractivity contribution in [2.75, 3.05) is 13.7 Å². The first-order chi connectivity index (χ1) is 11.8. The van der Waals surface area contributed by atoms with Gasteiger partial charge in [-0.05, 0) is 53.0 Å². The molecule has 25 heavy (non-hydrogen) atoms. The van der Waals surface area contributed by atoms with E-state index in [4.69, 9.17) is 16.3 Å². The highest BCUT2D eigenvalue weighted by Gasteiger charge is 2.19. The van der Waals surface area contributed by atoms with Crippen LogP contribution in [0.5, 0.6) is 5.75 Å². The average Bonchev–Trinajstić information content (AvgIpc) is 2.57. The lowest BCUT2D eigenvalue weighted by molar-refractivity contribution is 0.402. The van der Waals surface area contributed by atoms with Crippen LogP contribution < -0.4 is 15.0 Å². The van der Waals surface area contributed by atoms with E-state index in [-0.39, 0.29) is 22.7 Å². The van der Waals surface area contributed by atoms with Gasteiger partial charge in [0.05, 0.1) is 7.11 Å². The molecule has 0 aliphatic carbocycles. The summed E-state index contributed by atoms with van der Waals surface area (Å²) in [6.45, 7) is 0.765. The third-order valence-electron chi connectivity index (χ3n) is 3.48. The molecule has 1 heterocycles. The number of aryl methyl sites for hydroxylation is 1. The van der Waals surface area contributed by atoms with E-state index in [1.165, 1.54) is 25.3 Å². The van der Waals surface area contributed by atoms with Gasteiger partial charge in [0.25, 0.3) is 5.56 Å². The molecule has 0 spiro atoms. The Bertz CT molecular complexity index is 899. The van der Waals surface area contributed by atoms with Gasteiger partial charge >= 0.3 is 0 Å². The molecule has 9 heteroatoms. The fourth-order valence-electron chi connectivity index (χ4n) is 2.23. The minimum atomic E-state index is -3.72. The molecule has 6 nitrogen and oxygen atoms in total. The van der Waals surface area contributed by atoms with E-state index < -0.39 is 10.0 Å². The molecule has 136 valence electrons. The highest BCUT2D eigenvalue weighted by molar-refractivity contribution is 9.10. The SMILES string of the molecule is COc1ccc(Cl)cc1S(=O)(=O)NCCCCn1cc(Br)ccc1=O. The Morgan fingerprint density at radius 2 is 2.00 bits per heavy atom. The monoisotopic (exact) mass is 448 g/mol. The first-order valence-electron chi connectivity index (χ1n) is 7.53. The van der Waals surface area contributed by atoms with Gasteiger partial charge in [-0.25, -0.2) is 13.1 Å². The van der Waals surface area contributed by atoms with E-state index in [1.54, 1.807) is 22.9 Å². The lowest BCUT2D eigenvalue weighted by atomic mass is 10.3. The number of ether oxygens (including phenoxy) is 1. The highest BCUT2D eigenvalue weighted by atomic mass is 79.9. The molecular weight excluding hydrogens is 432 g/mol. The van der Waals surface area contributed by atoms with Gasteiger partial charge in [-0.3, -0.25) is 4.79 Å². The lowest BCUT2D eigenvalue weighted by Gasteiger charge is -2.11.